The molecule has 1 rings (SSSR count). The molecule has 0 saturated heterocycles. The third-order valence-corrected chi connectivity index (χ3v) is 2.34. The molecule has 0 aliphatic heterocycles. The van der Waals surface area contributed by atoms with Crippen molar-refractivity contribution < 1.29 is 9.18 Å². The summed E-state index contributed by atoms with van der Waals surface area (Å²) < 4.78 is 13.5. The number of carbonyl (C=O) groups excluding carboxylic acids is 1. The van der Waals surface area contributed by atoms with Gasteiger partial charge in [0.25, 0.3) is 0 Å². The number of halogens is 1. The van der Waals surface area contributed by atoms with Crippen LogP contribution < -0.4 is 5.73 Å². The Balaban J connectivity index is 3.44. The maximum absolute atomic E-state index is 13.5. The van der Waals surface area contributed by atoms with E-state index in [2.05, 4.69) is 0 Å². The molecule has 1 aromatic carbocycles. The topological polar surface area (TPSA) is 43.1 Å². The largest absolute Gasteiger partial charge is 0.324 e. The zero-order valence-corrected chi connectivity index (χ0v) is 8.65. The lowest BCUT2D eigenvalue weighted by molar-refractivity contribution is 0.0999. The van der Waals surface area contributed by atoms with E-state index in [-0.39, 0.29) is 18.1 Å². The third kappa shape index (κ3) is 1.68. The minimum atomic E-state index is -0.313. The predicted molar refractivity (Wildman–Crippen MR) is 54.0 cm³/mol. The highest BCUT2D eigenvalue weighted by Crippen LogP contribution is 2.20. The van der Waals surface area contributed by atoms with E-state index in [9.17, 15) is 9.18 Å². The van der Waals surface area contributed by atoms with Gasteiger partial charge < -0.3 is 5.73 Å². The average Bonchev–Trinajstić information content (AvgIpc) is 2.14. The first-order valence-electron chi connectivity index (χ1n) is 4.48. The van der Waals surface area contributed by atoms with Gasteiger partial charge in [0.05, 0.1) is 6.54 Å². The van der Waals surface area contributed by atoms with Gasteiger partial charge in [0, 0.05) is 5.56 Å². The van der Waals surface area contributed by atoms with Crippen molar-refractivity contribution in [3.63, 3.8) is 0 Å². The molecule has 0 aliphatic carbocycles. The maximum atomic E-state index is 13.5. The first-order valence-corrected chi connectivity index (χ1v) is 4.48. The first-order chi connectivity index (χ1) is 6.49. The number of rotatable bonds is 2. The van der Waals surface area contributed by atoms with Crippen LogP contribution in [0.4, 0.5) is 4.39 Å². The molecule has 0 amide bonds. The first kappa shape index (κ1) is 10.9. The molecular weight excluding hydrogens is 181 g/mol. The van der Waals surface area contributed by atoms with Gasteiger partial charge in [0.15, 0.2) is 5.78 Å². The van der Waals surface area contributed by atoms with E-state index in [0.29, 0.717) is 16.7 Å². The minimum absolute atomic E-state index is 0.0792. The summed E-state index contributed by atoms with van der Waals surface area (Å²) in [5.41, 5.74) is 7.44. The third-order valence-electron chi connectivity index (χ3n) is 2.34. The van der Waals surface area contributed by atoms with Crippen LogP contribution in [0.5, 0.6) is 0 Å². The number of hydrogen-bond donors (Lipinski definition) is 1. The summed E-state index contributed by atoms with van der Waals surface area (Å²) in [6, 6.07) is 1.67. The lowest BCUT2D eigenvalue weighted by atomic mass is 9.96. The van der Waals surface area contributed by atoms with Gasteiger partial charge in [-0.2, -0.15) is 0 Å². The molecule has 0 saturated carbocycles. The zero-order chi connectivity index (χ0) is 10.9. The summed E-state index contributed by atoms with van der Waals surface area (Å²) in [4.78, 5) is 11.4. The Morgan fingerprint density at radius 2 is 1.93 bits per heavy atom. The summed E-state index contributed by atoms with van der Waals surface area (Å²) in [5.74, 6) is -0.522. The van der Waals surface area contributed by atoms with E-state index in [0.717, 1.165) is 5.56 Å². The molecule has 76 valence electrons. The van der Waals surface area contributed by atoms with Gasteiger partial charge in [-0.1, -0.05) is 6.07 Å². The SMILES string of the molecule is Cc1cc(C)c(C(=O)CN)c(C)c1F. The molecule has 0 radical (unpaired) electrons. The quantitative estimate of drug-likeness (QED) is 0.732. The maximum Gasteiger partial charge on any atom is 0.177 e. The Kier molecular flexibility index (Phi) is 3.01. The Hall–Kier alpha value is -1.22. The summed E-state index contributed by atoms with van der Waals surface area (Å²) in [5, 5.41) is 0. The van der Waals surface area contributed by atoms with Crippen molar-refractivity contribution in [3.8, 4) is 0 Å². The van der Waals surface area contributed by atoms with E-state index in [1.807, 2.05) is 0 Å². The van der Waals surface area contributed by atoms with E-state index >= 15 is 0 Å². The molecule has 0 aromatic heterocycles. The van der Waals surface area contributed by atoms with E-state index in [1.165, 1.54) is 0 Å². The fourth-order valence-corrected chi connectivity index (χ4v) is 1.69. The number of hydrogen-bond acceptors (Lipinski definition) is 2. The van der Waals surface area contributed by atoms with Gasteiger partial charge in [0.2, 0.25) is 0 Å². The highest BCUT2D eigenvalue weighted by molar-refractivity contribution is 6.00. The van der Waals surface area contributed by atoms with Crippen LogP contribution in [-0.4, -0.2) is 12.3 Å². The standard InChI is InChI=1S/C11H14FNO/c1-6-4-7(2)11(12)8(3)10(6)9(14)5-13/h4H,5,13H2,1-3H3. The molecule has 0 heterocycles. The summed E-state index contributed by atoms with van der Waals surface area (Å²) >= 11 is 0. The molecule has 1 aromatic rings. The number of nitrogens with two attached hydrogens (primary N) is 1. The van der Waals surface area contributed by atoms with Crippen molar-refractivity contribution in [3.05, 3.63) is 34.1 Å². The van der Waals surface area contributed by atoms with Gasteiger partial charge in [0.1, 0.15) is 5.82 Å². The number of carbonyl (C=O) groups is 1. The Bertz CT molecular complexity index is 385. The van der Waals surface area contributed by atoms with Gasteiger partial charge in [-0.05, 0) is 37.5 Å². The fourth-order valence-electron chi connectivity index (χ4n) is 1.69. The van der Waals surface area contributed by atoms with Gasteiger partial charge in [-0.3, -0.25) is 4.79 Å². The molecule has 0 unspecified atom stereocenters. The lowest BCUT2D eigenvalue weighted by Crippen LogP contribution is -2.17. The smallest absolute Gasteiger partial charge is 0.177 e. The Morgan fingerprint density at radius 1 is 1.36 bits per heavy atom. The molecule has 3 heteroatoms. The van der Waals surface area contributed by atoms with Crippen LogP contribution in [0.1, 0.15) is 27.0 Å². The Morgan fingerprint density at radius 3 is 2.43 bits per heavy atom. The van der Waals surface area contributed by atoms with Crippen LogP contribution in [0, 0.1) is 26.6 Å². The van der Waals surface area contributed by atoms with Crippen LogP contribution in [-0.2, 0) is 0 Å². The molecule has 0 bridgehead atoms. The van der Waals surface area contributed by atoms with Crippen molar-refractivity contribution in [1.29, 1.82) is 0 Å². The van der Waals surface area contributed by atoms with Crippen molar-refractivity contribution in [2.24, 2.45) is 5.73 Å². The van der Waals surface area contributed by atoms with Crippen LogP contribution in [0.2, 0.25) is 0 Å². The van der Waals surface area contributed by atoms with E-state index < -0.39 is 0 Å². The van der Waals surface area contributed by atoms with Crippen molar-refractivity contribution in [2.75, 3.05) is 6.54 Å². The van der Waals surface area contributed by atoms with Crippen molar-refractivity contribution in [2.45, 2.75) is 20.8 Å². The Labute approximate surface area is 82.9 Å². The van der Waals surface area contributed by atoms with E-state index in [4.69, 9.17) is 5.73 Å². The summed E-state index contributed by atoms with van der Waals surface area (Å²) in [6.07, 6.45) is 0. The fraction of sp³-hybridized carbons (Fsp3) is 0.364. The predicted octanol–water partition coefficient (Wildman–Crippen LogP) is 1.89. The molecule has 0 atom stereocenters. The van der Waals surface area contributed by atoms with Gasteiger partial charge in [-0.15, -0.1) is 0 Å². The molecule has 14 heavy (non-hydrogen) atoms. The van der Waals surface area contributed by atoms with Crippen LogP contribution in [0.25, 0.3) is 0 Å². The second-order valence-electron chi connectivity index (χ2n) is 3.45. The van der Waals surface area contributed by atoms with Gasteiger partial charge >= 0.3 is 0 Å². The van der Waals surface area contributed by atoms with Gasteiger partial charge in [-0.25, -0.2) is 4.39 Å². The molecule has 0 fully saturated rings. The number of aryl methyl sites for hydroxylation is 2. The minimum Gasteiger partial charge on any atom is -0.324 e. The van der Waals surface area contributed by atoms with Crippen molar-refractivity contribution in [1.82, 2.24) is 0 Å². The monoisotopic (exact) mass is 195 g/mol. The molecule has 2 nitrogen and oxygen atoms in total. The van der Waals surface area contributed by atoms with Crippen LogP contribution in [0.15, 0.2) is 6.07 Å². The van der Waals surface area contributed by atoms with Crippen LogP contribution in [0.3, 0.4) is 0 Å². The number of ketones is 1. The lowest BCUT2D eigenvalue weighted by Gasteiger charge is -2.10. The zero-order valence-electron chi connectivity index (χ0n) is 8.65. The highest BCUT2D eigenvalue weighted by Gasteiger charge is 2.15. The van der Waals surface area contributed by atoms with Crippen molar-refractivity contribution >= 4 is 5.78 Å². The average molecular weight is 195 g/mol. The molecule has 0 spiro atoms. The molecular formula is C11H14FNO. The molecule has 2 N–H and O–H groups in total. The normalized spacial score (nSPS) is 10.4. The van der Waals surface area contributed by atoms with Crippen LogP contribution >= 0.6 is 0 Å². The highest BCUT2D eigenvalue weighted by atomic mass is 19.1. The summed E-state index contributed by atoms with van der Waals surface area (Å²) in [6.45, 7) is 5.01. The number of benzene rings is 1. The second kappa shape index (κ2) is 3.88. The van der Waals surface area contributed by atoms with E-state index in [1.54, 1.807) is 26.8 Å². The number of Topliss-reactive ketones (excluding diaryl/α,β-unsaturated/α-hetero) is 1. The second-order valence-corrected chi connectivity index (χ2v) is 3.45. The molecule has 0 aliphatic rings. The summed E-state index contributed by atoms with van der Waals surface area (Å²) in [7, 11) is 0.